The Morgan fingerprint density at radius 1 is 1.00 bits per heavy atom. The Labute approximate surface area is 155 Å². The van der Waals surface area contributed by atoms with Crippen molar-refractivity contribution < 1.29 is 9.59 Å². The fraction of sp³-hybridized carbons (Fsp3) is 0.176. The van der Waals surface area contributed by atoms with Gasteiger partial charge in [-0.2, -0.15) is 0 Å². The second-order valence-corrected chi connectivity index (χ2v) is 6.09. The SMILES string of the molecule is O=C(CCl)NC(C(=O)NCc1ccccc1)c1ccc(Cl)c(Cl)c1. The van der Waals surface area contributed by atoms with Crippen molar-refractivity contribution in [3.05, 3.63) is 69.7 Å². The third-order valence-electron chi connectivity index (χ3n) is 3.28. The molecule has 0 saturated heterocycles. The smallest absolute Gasteiger partial charge is 0.247 e. The van der Waals surface area contributed by atoms with Crippen molar-refractivity contribution in [2.75, 3.05) is 5.88 Å². The fourth-order valence-corrected chi connectivity index (χ4v) is 2.46. The maximum absolute atomic E-state index is 12.5. The van der Waals surface area contributed by atoms with Crippen LogP contribution in [-0.4, -0.2) is 17.7 Å². The molecule has 1 atom stereocenters. The van der Waals surface area contributed by atoms with E-state index in [0.717, 1.165) is 5.56 Å². The van der Waals surface area contributed by atoms with E-state index in [1.54, 1.807) is 18.2 Å². The molecule has 2 amide bonds. The minimum Gasteiger partial charge on any atom is -0.350 e. The fourth-order valence-electron chi connectivity index (χ4n) is 2.08. The molecular weight excluding hydrogens is 371 g/mol. The van der Waals surface area contributed by atoms with E-state index in [-0.39, 0.29) is 11.8 Å². The molecule has 2 aromatic carbocycles. The molecule has 7 heteroatoms. The Morgan fingerprint density at radius 2 is 1.71 bits per heavy atom. The minimum atomic E-state index is -0.908. The monoisotopic (exact) mass is 384 g/mol. The molecule has 0 bridgehead atoms. The largest absolute Gasteiger partial charge is 0.350 e. The highest BCUT2D eigenvalue weighted by Gasteiger charge is 2.23. The van der Waals surface area contributed by atoms with Crippen LogP contribution >= 0.6 is 34.8 Å². The molecule has 0 aliphatic carbocycles. The normalized spacial score (nSPS) is 11.6. The van der Waals surface area contributed by atoms with Gasteiger partial charge in [-0.1, -0.05) is 59.6 Å². The van der Waals surface area contributed by atoms with Crippen LogP contribution in [0.1, 0.15) is 17.2 Å². The maximum Gasteiger partial charge on any atom is 0.247 e. The lowest BCUT2D eigenvalue weighted by Crippen LogP contribution is -2.40. The quantitative estimate of drug-likeness (QED) is 0.745. The van der Waals surface area contributed by atoms with Crippen LogP contribution in [0.25, 0.3) is 0 Å². The zero-order valence-electron chi connectivity index (χ0n) is 12.6. The standard InChI is InChI=1S/C17H15Cl3N2O2/c18-9-15(23)22-16(12-6-7-13(19)14(20)8-12)17(24)21-10-11-4-2-1-3-5-11/h1-8,16H,9-10H2,(H,21,24)(H,22,23). The molecule has 2 aromatic rings. The van der Waals surface area contributed by atoms with E-state index < -0.39 is 11.9 Å². The van der Waals surface area contributed by atoms with Crippen LogP contribution in [-0.2, 0) is 16.1 Å². The summed E-state index contributed by atoms with van der Waals surface area (Å²) in [6, 6.07) is 13.3. The molecule has 2 rings (SSSR count). The number of hydrogen-bond acceptors (Lipinski definition) is 2. The Balaban J connectivity index is 2.16. The Morgan fingerprint density at radius 3 is 2.33 bits per heavy atom. The molecule has 1 unspecified atom stereocenters. The van der Waals surface area contributed by atoms with Gasteiger partial charge in [-0.25, -0.2) is 0 Å². The predicted molar refractivity (Wildman–Crippen MR) is 96.4 cm³/mol. The summed E-state index contributed by atoms with van der Waals surface area (Å²) < 4.78 is 0. The number of rotatable bonds is 6. The molecule has 4 nitrogen and oxygen atoms in total. The van der Waals surface area contributed by atoms with Gasteiger partial charge in [0.25, 0.3) is 0 Å². The van der Waals surface area contributed by atoms with Gasteiger partial charge in [0.2, 0.25) is 11.8 Å². The van der Waals surface area contributed by atoms with Crippen molar-refractivity contribution in [3.63, 3.8) is 0 Å². The van der Waals surface area contributed by atoms with Crippen LogP contribution in [0, 0.1) is 0 Å². The topological polar surface area (TPSA) is 58.2 Å². The summed E-state index contributed by atoms with van der Waals surface area (Å²) in [6.07, 6.45) is 0. The first-order valence-electron chi connectivity index (χ1n) is 7.13. The van der Waals surface area contributed by atoms with Crippen molar-refractivity contribution in [2.24, 2.45) is 0 Å². The molecule has 2 N–H and O–H groups in total. The number of carbonyl (C=O) groups is 2. The molecule has 0 fully saturated rings. The summed E-state index contributed by atoms with van der Waals surface area (Å²) in [5.41, 5.74) is 1.47. The van der Waals surface area contributed by atoms with E-state index in [1.165, 1.54) is 0 Å². The number of hydrogen-bond donors (Lipinski definition) is 2. The van der Waals surface area contributed by atoms with Crippen molar-refractivity contribution in [3.8, 4) is 0 Å². The molecule has 0 aromatic heterocycles. The van der Waals surface area contributed by atoms with Crippen LogP contribution in [0.5, 0.6) is 0 Å². The van der Waals surface area contributed by atoms with Crippen LogP contribution in [0.3, 0.4) is 0 Å². The van der Waals surface area contributed by atoms with E-state index >= 15 is 0 Å². The second-order valence-electron chi connectivity index (χ2n) is 5.01. The summed E-state index contributed by atoms with van der Waals surface area (Å²) >= 11 is 17.4. The third-order valence-corrected chi connectivity index (χ3v) is 4.26. The lowest BCUT2D eigenvalue weighted by Gasteiger charge is -2.19. The summed E-state index contributed by atoms with van der Waals surface area (Å²) in [5.74, 6) is -1.07. The summed E-state index contributed by atoms with van der Waals surface area (Å²) in [5, 5.41) is 6.04. The third kappa shape index (κ3) is 5.13. The molecule has 0 heterocycles. The molecule has 0 saturated carbocycles. The van der Waals surface area contributed by atoms with Gasteiger partial charge in [0.15, 0.2) is 0 Å². The van der Waals surface area contributed by atoms with Crippen molar-refractivity contribution >= 4 is 46.6 Å². The van der Waals surface area contributed by atoms with Gasteiger partial charge in [-0.05, 0) is 23.3 Å². The van der Waals surface area contributed by atoms with Gasteiger partial charge >= 0.3 is 0 Å². The van der Waals surface area contributed by atoms with E-state index in [1.807, 2.05) is 30.3 Å². The van der Waals surface area contributed by atoms with Gasteiger partial charge in [0, 0.05) is 6.54 Å². The van der Waals surface area contributed by atoms with Gasteiger partial charge in [0.1, 0.15) is 11.9 Å². The maximum atomic E-state index is 12.5. The van der Waals surface area contributed by atoms with E-state index in [9.17, 15) is 9.59 Å². The highest BCUT2D eigenvalue weighted by molar-refractivity contribution is 6.42. The van der Waals surface area contributed by atoms with Gasteiger partial charge in [0.05, 0.1) is 10.0 Å². The number of alkyl halides is 1. The van der Waals surface area contributed by atoms with Crippen molar-refractivity contribution in [2.45, 2.75) is 12.6 Å². The van der Waals surface area contributed by atoms with E-state index in [0.29, 0.717) is 22.2 Å². The summed E-state index contributed by atoms with van der Waals surface area (Å²) in [4.78, 5) is 24.2. The first-order valence-corrected chi connectivity index (χ1v) is 8.42. The highest BCUT2D eigenvalue weighted by Crippen LogP contribution is 2.26. The zero-order chi connectivity index (χ0) is 17.5. The minimum absolute atomic E-state index is 0.246. The zero-order valence-corrected chi connectivity index (χ0v) is 14.8. The molecule has 0 spiro atoms. The average Bonchev–Trinajstić information content (AvgIpc) is 2.60. The number of benzene rings is 2. The first-order chi connectivity index (χ1) is 11.5. The Hall–Kier alpha value is -1.75. The molecule has 0 aliphatic rings. The summed E-state index contributed by atoms with van der Waals surface area (Å²) in [6.45, 7) is 0.342. The predicted octanol–water partition coefficient (Wildman–Crippen LogP) is 3.71. The average molecular weight is 386 g/mol. The number of halogens is 3. The van der Waals surface area contributed by atoms with Crippen LogP contribution < -0.4 is 10.6 Å². The van der Waals surface area contributed by atoms with Gasteiger partial charge in [-0.15, -0.1) is 11.6 Å². The Bertz CT molecular complexity index is 723. The Kier molecular flexibility index (Phi) is 6.91. The van der Waals surface area contributed by atoms with Crippen molar-refractivity contribution in [1.29, 1.82) is 0 Å². The van der Waals surface area contributed by atoms with Crippen LogP contribution in [0.4, 0.5) is 0 Å². The molecule has 126 valence electrons. The van der Waals surface area contributed by atoms with Gasteiger partial charge < -0.3 is 10.6 Å². The van der Waals surface area contributed by atoms with Gasteiger partial charge in [-0.3, -0.25) is 9.59 Å². The lowest BCUT2D eigenvalue weighted by atomic mass is 10.1. The van der Waals surface area contributed by atoms with Crippen LogP contribution in [0.2, 0.25) is 10.0 Å². The second kappa shape index (κ2) is 8.92. The molecule has 24 heavy (non-hydrogen) atoms. The van der Waals surface area contributed by atoms with Crippen LogP contribution in [0.15, 0.2) is 48.5 Å². The number of carbonyl (C=O) groups excluding carboxylic acids is 2. The van der Waals surface area contributed by atoms with E-state index in [2.05, 4.69) is 10.6 Å². The molecular formula is C17H15Cl3N2O2. The van der Waals surface area contributed by atoms with Crippen molar-refractivity contribution in [1.82, 2.24) is 10.6 Å². The highest BCUT2D eigenvalue weighted by atomic mass is 35.5. The summed E-state index contributed by atoms with van der Waals surface area (Å²) in [7, 11) is 0. The molecule has 0 aliphatic heterocycles. The lowest BCUT2D eigenvalue weighted by molar-refractivity contribution is -0.128. The van der Waals surface area contributed by atoms with E-state index in [4.69, 9.17) is 34.8 Å². The molecule has 0 radical (unpaired) electrons. The number of nitrogens with one attached hydrogen (secondary N) is 2. The first kappa shape index (κ1) is 18.6. The number of amides is 2.